The Morgan fingerprint density at radius 1 is 1.29 bits per heavy atom. The maximum absolute atomic E-state index is 2.47. The van der Waals surface area contributed by atoms with E-state index in [1.54, 1.807) is 0 Å². The van der Waals surface area contributed by atoms with Gasteiger partial charge in [-0.3, -0.25) is 9.48 Å². The van der Waals surface area contributed by atoms with Gasteiger partial charge in [-0.25, -0.2) is 0 Å². The SMILES string of the molecule is CCN1CC[N+](C)=C1c1ccccc1C(C)C. The quantitative estimate of drug-likeness (QED) is 0.725. The normalized spacial score (nSPS) is 16.2. The van der Waals surface area contributed by atoms with Gasteiger partial charge in [0.1, 0.15) is 13.1 Å². The molecule has 92 valence electrons. The first kappa shape index (κ1) is 12.2. The molecular weight excluding hydrogens is 208 g/mol. The van der Waals surface area contributed by atoms with Gasteiger partial charge in [0.15, 0.2) is 0 Å². The van der Waals surface area contributed by atoms with Crippen molar-refractivity contribution in [3.63, 3.8) is 0 Å². The maximum Gasteiger partial charge on any atom is 0.279 e. The van der Waals surface area contributed by atoms with Crippen LogP contribution in [0.2, 0.25) is 0 Å². The Labute approximate surface area is 105 Å². The molecule has 1 aromatic carbocycles. The zero-order chi connectivity index (χ0) is 12.4. The third-order valence-corrected chi connectivity index (χ3v) is 3.57. The topological polar surface area (TPSA) is 6.25 Å². The average Bonchev–Trinajstić information content (AvgIpc) is 2.70. The van der Waals surface area contributed by atoms with Crippen LogP contribution in [0.5, 0.6) is 0 Å². The highest BCUT2D eigenvalue weighted by molar-refractivity contribution is 5.97. The van der Waals surface area contributed by atoms with Gasteiger partial charge < -0.3 is 0 Å². The molecule has 2 nitrogen and oxygen atoms in total. The van der Waals surface area contributed by atoms with Crippen molar-refractivity contribution in [2.75, 3.05) is 26.7 Å². The number of likely N-dealkylation sites (N-methyl/N-ethyl adjacent to an activating group) is 2. The van der Waals surface area contributed by atoms with Crippen LogP contribution < -0.4 is 0 Å². The second-order valence-electron chi connectivity index (χ2n) is 5.07. The third-order valence-electron chi connectivity index (χ3n) is 3.57. The van der Waals surface area contributed by atoms with Crippen LogP contribution >= 0.6 is 0 Å². The van der Waals surface area contributed by atoms with Crippen LogP contribution in [0.25, 0.3) is 0 Å². The Kier molecular flexibility index (Phi) is 3.51. The van der Waals surface area contributed by atoms with Crippen molar-refractivity contribution in [3.05, 3.63) is 35.4 Å². The Morgan fingerprint density at radius 3 is 2.65 bits per heavy atom. The molecule has 0 fully saturated rings. The lowest BCUT2D eigenvalue weighted by Gasteiger charge is -2.16. The highest BCUT2D eigenvalue weighted by Crippen LogP contribution is 2.22. The van der Waals surface area contributed by atoms with Crippen LogP contribution in [0.15, 0.2) is 24.3 Å². The second kappa shape index (κ2) is 4.91. The predicted molar refractivity (Wildman–Crippen MR) is 72.9 cm³/mol. The van der Waals surface area contributed by atoms with Crippen LogP contribution in [0.4, 0.5) is 0 Å². The zero-order valence-corrected chi connectivity index (χ0v) is 11.4. The molecule has 0 aliphatic carbocycles. The monoisotopic (exact) mass is 231 g/mol. The minimum absolute atomic E-state index is 0.575. The van der Waals surface area contributed by atoms with Gasteiger partial charge in [0.2, 0.25) is 0 Å². The van der Waals surface area contributed by atoms with E-state index in [1.807, 2.05) is 0 Å². The molecule has 0 radical (unpaired) electrons. The molecule has 1 aromatic rings. The second-order valence-corrected chi connectivity index (χ2v) is 5.07. The first-order valence-corrected chi connectivity index (χ1v) is 6.57. The standard InChI is InChI=1S/C15H23N2/c1-5-17-11-10-16(4)15(17)14-9-7-6-8-13(14)12(2)3/h6-9,12H,5,10-11H2,1-4H3/q+1. The molecule has 1 aliphatic rings. The molecule has 0 bridgehead atoms. The molecule has 1 aliphatic heterocycles. The lowest BCUT2D eigenvalue weighted by molar-refractivity contribution is -0.486. The van der Waals surface area contributed by atoms with Crippen molar-refractivity contribution in [2.45, 2.75) is 26.7 Å². The van der Waals surface area contributed by atoms with Crippen molar-refractivity contribution >= 4 is 5.84 Å². The molecule has 0 atom stereocenters. The summed E-state index contributed by atoms with van der Waals surface area (Å²) in [6.45, 7) is 10.1. The molecule has 17 heavy (non-hydrogen) atoms. The molecule has 0 unspecified atom stereocenters. The van der Waals surface area contributed by atoms with E-state index in [1.165, 1.54) is 17.0 Å². The number of hydrogen-bond donors (Lipinski definition) is 0. The summed E-state index contributed by atoms with van der Waals surface area (Å²) >= 11 is 0. The van der Waals surface area contributed by atoms with Crippen molar-refractivity contribution in [2.24, 2.45) is 0 Å². The van der Waals surface area contributed by atoms with Crippen molar-refractivity contribution < 1.29 is 4.58 Å². The third kappa shape index (κ3) is 2.21. The molecule has 0 spiro atoms. The fourth-order valence-electron chi connectivity index (χ4n) is 2.61. The Hall–Kier alpha value is -1.31. The summed E-state index contributed by atoms with van der Waals surface area (Å²) in [6.07, 6.45) is 0. The smallest absolute Gasteiger partial charge is 0.260 e. The summed E-state index contributed by atoms with van der Waals surface area (Å²) in [6, 6.07) is 8.81. The number of benzene rings is 1. The van der Waals surface area contributed by atoms with Crippen LogP contribution in [-0.2, 0) is 0 Å². The zero-order valence-electron chi connectivity index (χ0n) is 11.4. The summed E-state index contributed by atoms with van der Waals surface area (Å²) in [4.78, 5) is 2.47. The summed E-state index contributed by atoms with van der Waals surface area (Å²) in [5, 5.41) is 0. The lowest BCUT2D eigenvalue weighted by Crippen LogP contribution is -2.30. The molecule has 2 rings (SSSR count). The molecule has 0 saturated heterocycles. The van der Waals surface area contributed by atoms with Gasteiger partial charge in [-0.15, -0.1) is 0 Å². The first-order chi connectivity index (χ1) is 8.15. The van der Waals surface area contributed by atoms with Crippen molar-refractivity contribution in [1.29, 1.82) is 0 Å². The van der Waals surface area contributed by atoms with Gasteiger partial charge in [0.05, 0.1) is 19.2 Å². The van der Waals surface area contributed by atoms with E-state index in [0.717, 1.165) is 19.6 Å². The average molecular weight is 231 g/mol. The van der Waals surface area contributed by atoms with Crippen LogP contribution in [-0.4, -0.2) is 42.0 Å². The van der Waals surface area contributed by atoms with Crippen molar-refractivity contribution in [1.82, 2.24) is 4.90 Å². The number of amidine groups is 1. The van der Waals surface area contributed by atoms with Gasteiger partial charge in [0, 0.05) is 0 Å². The first-order valence-electron chi connectivity index (χ1n) is 6.57. The molecule has 2 heteroatoms. The minimum Gasteiger partial charge on any atom is -0.260 e. The minimum atomic E-state index is 0.575. The highest BCUT2D eigenvalue weighted by atomic mass is 15.3. The van der Waals surface area contributed by atoms with Crippen LogP contribution in [0.1, 0.15) is 37.8 Å². The van der Waals surface area contributed by atoms with Crippen LogP contribution in [0, 0.1) is 0 Å². The molecular formula is C15H23N2+. The Morgan fingerprint density at radius 2 is 2.00 bits per heavy atom. The maximum atomic E-state index is 2.47. The molecule has 0 saturated carbocycles. The molecule has 0 aromatic heterocycles. The predicted octanol–water partition coefficient (Wildman–Crippen LogP) is 2.53. The van der Waals surface area contributed by atoms with E-state index < -0.39 is 0 Å². The summed E-state index contributed by atoms with van der Waals surface area (Å²) in [7, 11) is 2.20. The Bertz CT molecular complexity index is 432. The van der Waals surface area contributed by atoms with E-state index in [4.69, 9.17) is 0 Å². The molecule has 0 amide bonds. The fourth-order valence-corrected chi connectivity index (χ4v) is 2.61. The van der Waals surface area contributed by atoms with Crippen molar-refractivity contribution in [3.8, 4) is 0 Å². The number of hydrogen-bond acceptors (Lipinski definition) is 1. The Balaban J connectivity index is 2.50. The largest absolute Gasteiger partial charge is 0.279 e. The van der Waals surface area contributed by atoms with E-state index in [0.29, 0.717) is 5.92 Å². The highest BCUT2D eigenvalue weighted by Gasteiger charge is 2.30. The van der Waals surface area contributed by atoms with Gasteiger partial charge in [-0.05, 0) is 24.5 Å². The number of rotatable bonds is 3. The van der Waals surface area contributed by atoms with Crippen LogP contribution in [0.3, 0.4) is 0 Å². The van der Waals surface area contributed by atoms with E-state index in [2.05, 4.69) is 61.6 Å². The van der Waals surface area contributed by atoms with Gasteiger partial charge in [0.25, 0.3) is 5.84 Å². The van der Waals surface area contributed by atoms with E-state index in [-0.39, 0.29) is 0 Å². The van der Waals surface area contributed by atoms with Gasteiger partial charge >= 0.3 is 0 Å². The van der Waals surface area contributed by atoms with E-state index >= 15 is 0 Å². The van der Waals surface area contributed by atoms with E-state index in [9.17, 15) is 0 Å². The summed E-state index contributed by atoms with van der Waals surface area (Å²) in [5.41, 5.74) is 2.86. The summed E-state index contributed by atoms with van der Waals surface area (Å²) in [5.74, 6) is 1.98. The van der Waals surface area contributed by atoms with Gasteiger partial charge in [-0.2, -0.15) is 0 Å². The lowest BCUT2D eigenvalue weighted by atomic mass is 9.96. The number of nitrogens with zero attached hydrogens (tertiary/aromatic N) is 2. The fraction of sp³-hybridized carbons (Fsp3) is 0.533. The van der Waals surface area contributed by atoms with Gasteiger partial charge in [-0.1, -0.05) is 32.0 Å². The molecule has 1 heterocycles. The summed E-state index contributed by atoms with van der Waals surface area (Å²) < 4.78 is 2.38. The molecule has 0 N–H and O–H groups in total.